The summed E-state index contributed by atoms with van der Waals surface area (Å²) in [7, 11) is 0. The van der Waals surface area contributed by atoms with Crippen LogP contribution in [0.25, 0.3) is 0 Å². The molecule has 0 bridgehead atoms. The average Bonchev–Trinajstić information content (AvgIpc) is 3.28. The fraction of sp³-hybridized carbons (Fsp3) is 0.389. The van der Waals surface area contributed by atoms with Crippen LogP contribution in [0.3, 0.4) is 0 Å². The molecule has 1 aliphatic rings. The van der Waals surface area contributed by atoms with Crippen molar-refractivity contribution in [3.63, 3.8) is 0 Å². The third kappa shape index (κ3) is 3.88. The van der Waals surface area contributed by atoms with E-state index in [4.69, 9.17) is 5.73 Å². The number of carbonyl (C=O) groups excluding carboxylic acids is 2. The number of nitrogens with one attached hydrogen (secondary N) is 1. The third-order valence-electron chi connectivity index (χ3n) is 4.35. The largest absolute Gasteiger partial charge is 0.339 e. The average molecular weight is 358 g/mol. The molecule has 1 aromatic heterocycles. The summed E-state index contributed by atoms with van der Waals surface area (Å²) in [5, 5.41) is 5.45. The Hall–Kier alpha value is -2.25. The number of hydrogen-bond acceptors (Lipinski definition) is 5. The molecule has 0 spiro atoms. The Balaban J connectivity index is 1.76. The maximum atomic E-state index is 12.6. The lowest BCUT2D eigenvalue weighted by Gasteiger charge is -2.18. The van der Waals surface area contributed by atoms with Crippen LogP contribution in [0.2, 0.25) is 0 Å². The van der Waals surface area contributed by atoms with Crippen molar-refractivity contribution in [2.75, 3.05) is 25.0 Å². The van der Waals surface area contributed by atoms with Crippen LogP contribution in [0.15, 0.2) is 23.6 Å². The molecule has 132 valence electrons. The van der Waals surface area contributed by atoms with Gasteiger partial charge in [-0.2, -0.15) is 0 Å². The Kier molecular flexibility index (Phi) is 5.45. The van der Waals surface area contributed by atoms with Gasteiger partial charge in [0.1, 0.15) is 5.69 Å². The van der Waals surface area contributed by atoms with Crippen LogP contribution in [-0.2, 0) is 6.42 Å². The van der Waals surface area contributed by atoms with Gasteiger partial charge in [-0.1, -0.05) is 6.07 Å². The third-order valence-corrected chi connectivity index (χ3v) is 5.26. The van der Waals surface area contributed by atoms with Gasteiger partial charge < -0.3 is 16.0 Å². The zero-order valence-electron chi connectivity index (χ0n) is 14.2. The van der Waals surface area contributed by atoms with E-state index in [2.05, 4.69) is 10.3 Å². The molecule has 1 saturated heterocycles. The minimum Gasteiger partial charge on any atom is -0.339 e. The molecule has 2 heterocycles. The van der Waals surface area contributed by atoms with Crippen molar-refractivity contribution in [2.24, 2.45) is 5.73 Å². The van der Waals surface area contributed by atoms with Gasteiger partial charge in [0.2, 0.25) is 0 Å². The Labute approximate surface area is 151 Å². The minimum absolute atomic E-state index is 0.0324. The first-order valence-electron chi connectivity index (χ1n) is 8.45. The maximum Gasteiger partial charge on any atom is 0.275 e. The number of benzene rings is 1. The number of likely N-dealkylation sites (tertiary alicyclic amines) is 1. The van der Waals surface area contributed by atoms with Crippen LogP contribution in [0.1, 0.15) is 44.3 Å². The number of aromatic nitrogens is 1. The molecule has 2 amide bonds. The number of anilines is 1. The number of carbonyl (C=O) groups is 2. The van der Waals surface area contributed by atoms with Crippen LogP contribution in [0.4, 0.5) is 5.69 Å². The van der Waals surface area contributed by atoms with Crippen LogP contribution in [0, 0.1) is 6.92 Å². The number of hydrogen-bond donors (Lipinski definition) is 2. The van der Waals surface area contributed by atoms with E-state index >= 15 is 0 Å². The second kappa shape index (κ2) is 7.76. The van der Waals surface area contributed by atoms with Gasteiger partial charge in [-0.15, -0.1) is 11.3 Å². The monoisotopic (exact) mass is 358 g/mol. The summed E-state index contributed by atoms with van der Waals surface area (Å²) >= 11 is 1.43. The maximum absolute atomic E-state index is 12.6. The van der Waals surface area contributed by atoms with Gasteiger partial charge in [0.15, 0.2) is 0 Å². The fourth-order valence-electron chi connectivity index (χ4n) is 2.93. The number of thiazole rings is 1. The Morgan fingerprint density at radius 2 is 2.08 bits per heavy atom. The summed E-state index contributed by atoms with van der Waals surface area (Å²) in [6.07, 6.45) is 2.77. The molecule has 1 aliphatic heterocycles. The molecule has 3 rings (SSSR count). The molecule has 0 atom stereocenters. The summed E-state index contributed by atoms with van der Waals surface area (Å²) in [6.45, 7) is 3.98. The number of rotatable bonds is 5. The smallest absolute Gasteiger partial charge is 0.275 e. The zero-order valence-corrected chi connectivity index (χ0v) is 15.1. The quantitative estimate of drug-likeness (QED) is 0.859. The van der Waals surface area contributed by atoms with Crippen molar-refractivity contribution < 1.29 is 9.59 Å². The predicted octanol–water partition coefficient (Wildman–Crippen LogP) is 2.44. The van der Waals surface area contributed by atoms with Crippen molar-refractivity contribution in [3.8, 4) is 0 Å². The molecule has 25 heavy (non-hydrogen) atoms. The highest BCUT2D eigenvalue weighted by Crippen LogP contribution is 2.23. The number of nitrogens with two attached hydrogens (primary N) is 1. The summed E-state index contributed by atoms with van der Waals surface area (Å²) in [5.74, 6) is -0.238. The molecule has 1 aromatic carbocycles. The molecule has 6 nitrogen and oxygen atoms in total. The molecule has 7 heteroatoms. The standard InChI is InChI=1S/C18H22N4O2S/c1-12-13(18(24)22-9-2-3-10-22)5-4-6-14(12)21-17(23)15-11-25-16(20-15)7-8-19/h4-6,11H,2-3,7-10,19H2,1H3,(H,21,23). The number of nitrogens with zero attached hydrogens (tertiary/aromatic N) is 2. The van der Waals surface area contributed by atoms with E-state index in [1.54, 1.807) is 17.5 Å². The number of amides is 2. The predicted molar refractivity (Wildman–Crippen MR) is 99.1 cm³/mol. The van der Waals surface area contributed by atoms with Crippen molar-refractivity contribution >= 4 is 28.8 Å². The van der Waals surface area contributed by atoms with E-state index in [9.17, 15) is 9.59 Å². The van der Waals surface area contributed by atoms with E-state index in [-0.39, 0.29) is 11.8 Å². The lowest BCUT2D eigenvalue weighted by atomic mass is 10.1. The summed E-state index contributed by atoms with van der Waals surface area (Å²) in [6, 6.07) is 5.42. The van der Waals surface area contributed by atoms with Crippen molar-refractivity contribution in [1.29, 1.82) is 0 Å². The highest BCUT2D eigenvalue weighted by atomic mass is 32.1. The molecule has 2 aromatic rings. The molecule has 1 fully saturated rings. The summed E-state index contributed by atoms with van der Waals surface area (Å²) in [4.78, 5) is 31.2. The molecule has 3 N–H and O–H groups in total. The van der Waals surface area contributed by atoms with Crippen LogP contribution >= 0.6 is 11.3 Å². The van der Waals surface area contributed by atoms with Crippen LogP contribution in [0.5, 0.6) is 0 Å². The van der Waals surface area contributed by atoms with Gasteiger partial charge in [-0.25, -0.2) is 4.98 Å². The molecule has 0 unspecified atom stereocenters. The Bertz CT molecular complexity index is 781. The van der Waals surface area contributed by atoms with Gasteiger partial charge in [0.25, 0.3) is 11.8 Å². The van der Waals surface area contributed by atoms with Gasteiger partial charge in [0.05, 0.1) is 5.01 Å². The van der Waals surface area contributed by atoms with Gasteiger partial charge in [0, 0.05) is 36.1 Å². The van der Waals surface area contributed by atoms with Gasteiger partial charge in [-0.05, 0) is 44.0 Å². The second-order valence-electron chi connectivity index (χ2n) is 6.10. The Morgan fingerprint density at radius 1 is 1.32 bits per heavy atom. The fourth-order valence-corrected chi connectivity index (χ4v) is 3.73. The molecular formula is C18H22N4O2S. The van der Waals surface area contributed by atoms with Gasteiger partial charge >= 0.3 is 0 Å². The molecular weight excluding hydrogens is 336 g/mol. The van der Waals surface area contributed by atoms with Crippen molar-refractivity contribution in [3.05, 3.63) is 45.4 Å². The first kappa shape index (κ1) is 17.6. The first-order valence-corrected chi connectivity index (χ1v) is 9.33. The highest BCUT2D eigenvalue weighted by Gasteiger charge is 2.22. The first-order chi connectivity index (χ1) is 12.1. The molecule has 0 aliphatic carbocycles. The topological polar surface area (TPSA) is 88.3 Å². The van der Waals surface area contributed by atoms with Crippen LogP contribution < -0.4 is 11.1 Å². The van der Waals surface area contributed by atoms with Crippen molar-refractivity contribution in [1.82, 2.24) is 9.88 Å². The van der Waals surface area contributed by atoms with E-state index in [0.29, 0.717) is 29.9 Å². The van der Waals surface area contributed by atoms with E-state index in [0.717, 1.165) is 36.5 Å². The SMILES string of the molecule is Cc1c(NC(=O)c2csc(CCN)n2)cccc1C(=O)N1CCCC1. The molecule has 0 saturated carbocycles. The van der Waals surface area contributed by atoms with Crippen LogP contribution in [-0.4, -0.2) is 41.3 Å². The summed E-state index contributed by atoms with van der Waals surface area (Å²) < 4.78 is 0. The normalized spacial score (nSPS) is 13.9. The van der Waals surface area contributed by atoms with Gasteiger partial charge in [-0.3, -0.25) is 9.59 Å². The van der Waals surface area contributed by atoms with E-state index < -0.39 is 0 Å². The highest BCUT2D eigenvalue weighted by molar-refractivity contribution is 7.09. The van der Waals surface area contributed by atoms with E-state index in [1.807, 2.05) is 17.9 Å². The lowest BCUT2D eigenvalue weighted by Crippen LogP contribution is -2.28. The summed E-state index contributed by atoms with van der Waals surface area (Å²) in [5.41, 5.74) is 7.96. The minimum atomic E-state index is -0.270. The van der Waals surface area contributed by atoms with E-state index in [1.165, 1.54) is 11.3 Å². The molecule has 0 radical (unpaired) electrons. The second-order valence-corrected chi connectivity index (χ2v) is 7.04. The lowest BCUT2D eigenvalue weighted by molar-refractivity contribution is 0.0791. The van der Waals surface area contributed by atoms with Crippen molar-refractivity contribution in [2.45, 2.75) is 26.2 Å². The zero-order chi connectivity index (χ0) is 17.8. The Morgan fingerprint density at radius 3 is 2.80 bits per heavy atom.